The van der Waals surface area contributed by atoms with E-state index in [-0.39, 0.29) is 24.1 Å². The molecule has 118 valence electrons. The Labute approximate surface area is 133 Å². The number of hydrogen-bond acceptors (Lipinski definition) is 4. The lowest BCUT2D eigenvalue weighted by atomic mass is 10.2. The maximum absolute atomic E-state index is 12.0. The van der Waals surface area contributed by atoms with Gasteiger partial charge in [0.1, 0.15) is 5.82 Å². The Balaban J connectivity index is 2.14. The van der Waals surface area contributed by atoms with Gasteiger partial charge in [0.15, 0.2) is 0 Å². The molecule has 2 aromatic rings. The third-order valence-corrected chi connectivity index (χ3v) is 3.24. The van der Waals surface area contributed by atoms with Crippen molar-refractivity contribution < 1.29 is 4.79 Å². The lowest BCUT2D eigenvalue weighted by Crippen LogP contribution is -2.38. The van der Waals surface area contributed by atoms with Crippen LogP contribution in [-0.2, 0) is 11.3 Å². The first-order chi connectivity index (χ1) is 10.3. The van der Waals surface area contributed by atoms with Gasteiger partial charge in [0.2, 0.25) is 5.91 Å². The number of rotatable bonds is 5. The summed E-state index contributed by atoms with van der Waals surface area (Å²) in [4.78, 5) is 32.6. The number of fused-ring (bicyclic) bond motifs is 1. The van der Waals surface area contributed by atoms with Gasteiger partial charge >= 0.3 is 0 Å². The quantitative estimate of drug-likeness (QED) is 0.875. The van der Waals surface area contributed by atoms with Crippen LogP contribution >= 0.6 is 11.6 Å². The van der Waals surface area contributed by atoms with Crippen molar-refractivity contribution in [3.8, 4) is 0 Å². The molecule has 2 rings (SSSR count). The number of likely N-dealkylation sites (N-methyl/N-ethyl adjacent to an activating group) is 1. The van der Waals surface area contributed by atoms with E-state index in [9.17, 15) is 9.59 Å². The van der Waals surface area contributed by atoms with Crippen LogP contribution < -0.4 is 10.9 Å². The summed E-state index contributed by atoms with van der Waals surface area (Å²) in [6.45, 7) is 4.41. The van der Waals surface area contributed by atoms with Crippen LogP contribution in [0, 0.1) is 0 Å². The van der Waals surface area contributed by atoms with Crippen LogP contribution in [0.25, 0.3) is 10.9 Å². The van der Waals surface area contributed by atoms with Crippen molar-refractivity contribution in [1.29, 1.82) is 0 Å². The molecule has 1 amide bonds. The molecule has 0 atom stereocenters. The van der Waals surface area contributed by atoms with Crippen molar-refractivity contribution in [2.75, 3.05) is 13.6 Å². The zero-order chi connectivity index (χ0) is 16.3. The highest BCUT2D eigenvalue weighted by atomic mass is 35.5. The minimum Gasteiger partial charge on any atom is -0.353 e. The van der Waals surface area contributed by atoms with Gasteiger partial charge in [-0.1, -0.05) is 11.6 Å². The summed E-state index contributed by atoms with van der Waals surface area (Å²) in [6, 6.07) is 5.05. The fourth-order valence-electron chi connectivity index (χ4n) is 2.16. The first-order valence-electron chi connectivity index (χ1n) is 7.01. The first-order valence-corrected chi connectivity index (χ1v) is 7.39. The summed E-state index contributed by atoms with van der Waals surface area (Å²) in [5.41, 5.74) is 0.336. The molecule has 0 aliphatic rings. The smallest absolute Gasteiger partial charge is 0.258 e. The number of nitrogens with one attached hydrogen (secondary N) is 2. The Morgan fingerprint density at radius 1 is 1.45 bits per heavy atom. The largest absolute Gasteiger partial charge is 0.353 e. The third kappa shape index (κ3) is 4.29. The highest BCUT2D eigenvalue weighted by Gasteiger charge is 2.10. The van der Waals surface area contributed by atoms with Crippen molar-refractivity contribution in [3.05, 3.63) is 39.4 Å². The van der Waals surface area contributed by atoms with Crippen LogP contribution in [0.3, 0.4) is 0 Å². The van der Waals surface area contributed by atoms with Gasteiger partial charge in [0.05, 0.1) is 24.0 Å². The van der Waals surface area contributed by atoms with Crippen molar-refractivity contribution in [2.24, 2.45) is 0 Å². The van der Waals surface area contributed by atoms with E-state index in [1.54, 1.807) is 30.1 Å². The normalized spacial score (nSPS) is 11.4. The molecule has 0 bridgehead atoms. The number of benzene rings is 1. The summed E-state index contributed by atoms with van der Waals surface area (Å²) in [7, 11) is 1.79. The van der Waals surface area contributed by atoms with Gasteiger partial charge in [-0.3, -0.25) is 14.5 Å². The molecule has 0 aliphatic carbocycles. The molecular weight excluding hydrogens is 304 g/mol. The van der Waals surface area contributed by atoms with Crippen LogP contribution in [0.2, 0.25) is 5.02 Å². The Bertz CT molecular complexity index is 742. The highest BCUT2D eigenvalue weighted by molar-refractivity contribution is 6.31. The van der Waals surface area contributed by atoms with Crippen LogP contribution in [-0.4, -0.2) is 40.4 Å². The molecule has 0 unspecified atom stereocenters. The number of halogens is 1. The van der Waals surface area contributed by atoms with Crippen LogP contribution in [0.15, 0.2) is 23.0 Å². The van der Waals surface area contributed by atoms with E-state index in [2.05, 4.69) is 15.3 Å². The zero-order valence-electron chi connectivity index (χ0n) is 12.8. The molecular formula is C15H19ClN4O2. The molecule has 0 spiro atoms. The van der Waals surface area contributed by atoms with Crippen LogP contribution in [0.4, 0.5) is 0 Å². The second-order valence-corrected chi connectivity index (χ2v) is 6.01. The van der Waals surface area contributed by atoms with Gasteiger partial charge in [-0.2, -0.15) is 0 Å². The molecule has 0 saturated carbocycles. The minimum absolute atomic E-state index is 0.0660. The minimum atomic E-state index is -0.211. The zero-order valence-corrected chi connectivity index (χ0v) is 13.6. The number of H-pyrrole nitrogens is 1. The molecule has 22 heavy (non-hydrogen) atoms. The van der Waals surface area contributed by atoms with E-state index in [1.807, 2.05) is 13.8 Å². The summed E-state index contributed by atoms with van der Waals surface area (Å²) in [5.74, 6) is 0.434. The van der Waals surface area contributed by atoms with E-state index in [0.717, 1.165) is 0 Å². The number of carbonyl (C=O) groups is 1. The lowest BCUT2D eigenvalue weighted by Gasteiger charge is -2.17. The van der Waals surface area contributed by atoms with E-state index in [1.165, 1.54) is 0 Å². The van der Waals surface area contributed by atoms with Crippen LogP contribution in [0.1, 0.15) is 19.7 Å². The molecule has 0 aliphatic heterocycles. The second-order valence-electron chi connectivity index (χ2n) is 5.57. The monoisotopic (exact) mass is 322 g/mol. The summed E-state index contributed by atoms with van der Waals surface area (Å²) < 4.78 is 0. The number of hydrogen-bond donors (Lipinski definition) is 2. The number of carbonyl (C=O) groups excluding carboxylic acids is 1. The summed E-state index contributed by atoms with van der Waals surface area (Å²) >= 11 is 5.93. The predicted molar refractivity (Wildman–Crippen MR) is 87.0 cm³/mol. The van der Waals surface area contributed by atoms with E-state index >= 15 is 0 Å². The van der Waals surface area contributed by atoms with Crippen molar-refractivity contribution >= 4 is 28.4 Å². The molecule has 7 heteroatoms. The molecule has 1 aromatic carbocycles. The topological polar surface area (TPSA) is 78.1 Å². The van der Waals surface area contributed by atoms with Gasteiger partial charge in [-0.25, -0.2) is 4.98 Å². The van der Waals surface area contributed by atoms with Crippen molar-refractivity contribution in [3.63, 3.8) is 0 Å². The predicted octanol–water partition coefficient (Wildman–Crippen LogP) is 1.53. The molecule has 0 fully saturated rings. The Kier molecular flexibility index (Phi) is 5.15. The summed E-state index contributed by atoms with van der Waals surface area (Å²) in [5, 5.41) is 3.84. The Morgan fingerprint density at radius 3 is 2.86 bits per heavy atom. The van der Waals surface area contributed by atoms with Gasteiger partial charge in [0, 0.05) is 11.1 Å². The van der Waals surface area contributed by atoms with Gasteiger partial charge < -0.3 is 10.3 Å². The van der Waals surface area contributed by atoms with Crippen molar-refractivity contribution in [1.82, 2.24) is 20.2 Å². The molecule has 0 saturated heterocycles. The molecule has 6 nitrogen and oxygen atoms in total. The van der Waals surface area contributed by atoms with E-state index in [4.69, 9.17) is 11.6 Å². The number of amides is 1. The molecule has 2 N–H and O–H groups in total. The van der Waals surface area contributed by atoms with Gasteiger partial charge in [-0.05, 0) is 39.1 Å². The van der Waals surface area contributed by atoms with E-state index in [0.29, 0.717) is 28.3 Å². The van der Waals surface area contributed by atoms with Crippen molar-refractivity contribution in [2.45, 2.75) is 26.4 Å². The average Bonchev–Trinajstić information content (AvgIpc) is 2.36. The average molecular weight is 323 g/mol. The van der Waals surface area contributed by atoms with E-state index < -0.39 is 0 Å². The maximum atomic E-state index is 12.0. The number of aromatic amines is 1. The lowest BCUT2D eigenvalue weighted by molar-refractivity contribution is -0.122. The van der Waals surface area contributed by atoms with Gasteiger partial charge in [-0.15, -0.1) is 0 Å². The molecule has 1 aromatic heterocycles. The third-order valence-electron chi connectivity index (χ3n) is 3.00. The Morgan fingerprint density at radius 2 is 2.18 bits per heavy atom. The second kappa shape index (κ2) is 6.89. The number of aromatic nitrogens is 2. The highest BCUT2D eigenvalue weighted by Crippen LogP contribution is 2.14. The summed E-state index contributed by atoms with van der Waals surface area (Å²) in [6.07, 6.45) is 0. The fraction of sp³-hybridized carbons (Fsp3) is 0.400. The maximum Gasteiger partial charge on any atom is 0.258 e. The van der Waals surface area contributed by atoms with Gasteiger partial charge in [0.25, 0.3) is 5.56 Å². The van der Waals surface area contributed by atoms with Crippen LogP contribution in [0.5, 0.6) is 0 Å². The number of nitrogens with zero attached hydrogens (tertiary/aromatic N) is 2. The Hall–Kier alpha value is -1.92. The first kappa shape index (κ1) is 16.5. The molecule has 1 heterocycles. The fourth-order valence-corrected chi connectivity index (χ4v) is 2.33. The SMILES string of the molecule is CC(C)NC(=O)CN(C)Cc1nc2cc(Cl)ccc2c(=O)[nH]1. The molecule has 0 radical (unpaired) electrons. The standard InChI is InChI=1S/C15H19ClN4O2/c1-9(2)17-14(21)8-20(3)7-13-18-12-6-10(16)4-5-11(12)15(22)19-13/h4-6,9H,7-8H2,1-3H3,(H,17,21)(H,18,19,22).